The van der Waals surface area contributed by atoms with Crippen molar-refractivity contribution >= 4 is 22.9 Å². The molecule has 3 rings (SSSR count). The maximum absolute atomic E-state index is 12.0. The predicted molar refractivity (Wildman–Crippen MR) is 91.4 cm³/mol. The van der Waals surface area contributed by atoms with Gasteiger partial charge < -0.3 is 9.84 Å². The van der Waals surface area contributed by atoms with Gasteiger partial charge in [-0.15, -0.1) is 11.3 Å². The van der Waals surface area contributed by atoms with E-state index in [1.165, 1.54) is 17.7 Å². The molecular formula is C17H15N3O3S. The first-order valence-corrected chi connectivity index (χ1v) is 8.05. The summed E-state index contributed by atoms with van der Waals surface area (Å²) >= 11 is 1.53. The fourth-order valence-corrected chi connectivity index (χ4v) is 3.15. The molecule has 0 unspecified atom stereocenters. The second-order valence-electron chi connectivity index (χ2n) is 5.01. The van der Waals surface area contributed by atoms with E-state index in [1.807, 2.05) is 29.6 Å². The topological polar surface area (TPSA) is 88.1 Å². The number of ether oxygens (including phenoxy) is 1. The number of carbonyl (C=O) groups is 1. The molecule has 0 bridgehead atoms. The van der Waals surface area contributed by atoms with Crippen molar-refractivity contribution in [2.24, 2.45) is 0 Å². The van der Waals surface area contributed by atoms with Crippen molar-refractivity contribution < 1.29 is 14.6 Å². The second-order valence-corrected chi connectivity index (χ2v) is 6.01. The molecule has 2 N–H and O–H groups in total. The first-order chi connectivity index (χ1) is 11.7. The molecule has 2 aromatic heterocycles. The van der Waals surface area contributed by atoms with E-state index in [2.05, 4.69) is 15.2 Å². The van der Waals surface area contributed by atoms with Crippen LogP contribution in [-0.4, -0.2) is 33.2 Å². The zero-order valence-corrected chi connectivity index (χ0v) is 13.7. The molecule has 24 heavy (non-hydrogen) atoms. The number of aliphatic hydroxyl groups is 1. The monoisotopic (exact) mass is 341 g/mol. The lowest BCUT2D eigenvalue weighted by Gasteiger charge is -2.05. The van der Waals surface area contributed by atoms with Crippen molar-refractivity contribution in [3.8, 4) is 5.75 Å². The van der Waals surface area contributed by atoms with Crippen LogP contribution in [0.4, 0.5) is 0 Å². The Balaban J connectivity index is 1.80. The lowest BCUT2D eigenvalue weighted by molar-refractivity contribution is 0.103. The molecule has 0 aliphatic rings. The van der Waals surface area contributed by atoms with Gasteiger partial charge in [0.2, 0.25) is 5.78 Å². The number of aromatic nitrogens is 3. The van der Waals surface area contributed by atoms with Crippen LogP contribution in [0.2, 0.25) is 0 Å². The molecule has 6 nitrogen and oxygen atoms in total. The van der Waals surface area contributed by atoms with Gasteiger partial charge in [0, 0.05) is 22.9 Å². The molecule has 0 saturated carbocycles. The molecule has 0 aliphatic heterocycles. The van der Waals surface area contributed by atoms with Gasteiger partial charge in [-0.1, -0.05) is 12.1 Å². The van der Waals surface area contributed by atoms with Crippen molar-refractivity contribution in [3.05, 3.63) is 69.9 Å². The van der Waals surface area contributed by atoms with E-state index in [0.717, 1.165) is 22.3 Å². The van der Waals surface area contributed by atoms with E-state index in [0.29, 0.717) is 12.0 Å². The van der Waals surface area contributed by atoms with E-state index < -0.39 is 5.78 Å². The molecule has 1 aromatic carbocycles. The summed E-state index contributed by atoms with van der Waals surface area (Å²) in [4.78, 5) is 16.7. The summed E-state index contributed by atoms with van der Waals surface area (Å²) in [5, 5.41) is 18.3. The minimum atomic E-state index is -0.424. The van der Waals surface area contributed by atoms with Crippen molar-refractivity contribution in [2.45, 2.75) is 6.42 Å². The summed E-state index contributed by atoms with van der Waals surface area (Å²) < 4.78 is 5.15. The smallest absolute Gasteiger partial charge is 0.226 e. The molecule has 0 aliphatic carbocycles. The number of carbonyl (C=O) groups excluding carboxylic acids is 1. The number of hydrogen-bond acceptors (Lipinski definition) is 6. The highest BCUT2D eigenvalue weighted by atomic mass is 32.1. The minimum Gasteiger partial charge on any atom is -0.507 e. The average Bonchev–Trinajstić information content (AvgIpc) is 3.27. The maximum atomic E-state index is 12.0. The van der Waals surface area contributed by atoms with Crippen LogP contribution < -0.4 is 4.74 Å². The van der Waals surface area contributed by atoms with E-state index in [9.17, 15) is 9.90 Å². The number of nitrogens with zero attached hydrogens (tertiary/aromatic N) is 2. The molecule has 122 valence electrons. The number of ketones is 1. The molecule has 0 fully saturated rings. The lowest BCUT2D eigenvalue weighted by Crippen LogP contribution is -2.00. The number of nitrogens with one attached hydrogen (secondary N) is 1. The van der Waals surface area contributed by atoms with Gasteiger partial charge >= 0.3 is 0 Å². The highest BCUT2D eigenvalue weighted by Gasteiger charge is 2.13. The van der Waals surface area contributed by atoms with E-state index in [-0.39, 0.29) is 11.6 Å². The Morgan fingerprint density at radius 1 is 1.33 bits per heavy atom. The van der Waals surface area contributed by atoms with Crippen LogP contribution >= 0.6 is 11.3 Å². The van der Waals surface area contributed by atoms with Gasteiger partial charge in [-0.25, -0.2) is 4.98 Å². The first-order valence-electron chi connectivity index (χ1n) is 7.17. The van der Waals surface area contributed by atoms with E-state index in [4.69, 9.17) is 4.74 Å². The lowest BCUT2D eigenvalue weighted by atomic mass is 10.1. The van der Waals surface area contributed by atoms with Gasteiger partial charge in [-0.2, -0.15) is 5.10 Å². The van der Waals surface area contributed by atoms with Gasteiger partial charge in [0.15, 0.2) is 5.82 Å². The Morgan fingerprint density at radius 2 is 2.12 bits per heavy atom. The molecule has 3 aromatic rings. The first kappa shape index (κ1) is 15.9. The van der Waals surface area contributed by atoms with Crippen molar-refractivity contribution in [2.75, 3.05) is 7.11 Å². The van der Waals surface area contributed by atoms with Gasteiger partial charge in [-0.3, -0.25) is 9.89 Å². The molecular weight excluding hydrogens is 326 g/mol. The van der Waals surface area contributed by atoms with Crippen LogP contribution in [0.15, 0.2) is 48.1 Å². The predicted octanol–water partition coefficient (Wildman–Crippen LogP) is 3.25. The Kier molecular flexibility index (Phi) is 4.72. The van der Waals surface area contributed by atoms with E-state index >= 15 is 0 Å². The Labute approximate surface area is 142 Å². The molecule has 0 spiro atoms. The number of aromatic amines is 1. The van der Waals surface area contributed by atoms with Gasteiger partial charge in [0.05, 0.1) is 7.11 Å². The third kappa shape index (κ3) is 3.52. The van der Waals surface area contributed by atoms with Crippen LogP contribution in [0.5, 0.6) is 5.75 Å². The minimum absolute atomic E-state index is 0.0823. The summed E-state index contributed by atoms with van der Waals surface area (Å²) in [6.07, 6.45) is 3.06. The van der Waals surface area contributed by atoms with Crippen LogP contribution in [0, 0.1) is 0 Å². The zero-order chi connectivity index (χ0) is 16.9. The highest BCUT2D eigenvalue weighted by Crippen LogP contribution is 2.26. The van der Waals surface area contributed by atoms with Gasteiger partial charge in [-0.05, 0) is 29.1 Å². The second kappa shape index (κ2) is 7.10. The summed E-state index contributed by atoms with van der Waals surface area (Å²) in [6, 6.07) is 9.53. The molecule has 2 heterocycles. The summed E-state index contributed by atoms with van der Waals surface area (Å²) in [7, 11) is 1.63. The molecule has 0 atom stereocenters. The highest BCUT2D eigenvalue weighted by molar-refractivity contribution is 7.10. The van der Waals surface area contributed by atoms with Crippen molar-refractivity contribution in [1.82, 2.24) is 15.2 Å². The van der Waals surface area contributed by atoms with Crippen LogP contribution in [0.3, 0.4) is 0 Å². The zero-order valence-electron chi connectivity index (χ0n) is 12.9. The quantitative estimate of drug-likeness (QED) is 0.408. The number of H-pyrrole nitrogens is 1. The van der Waals surface area contributed by atoms with Gasteiger partial charge in [0.1, 0.15) is 17.8 Å². The number of aliphatic hydroxyl groups excluding tert-OH is 1. The number of allylic oxidation sites excluding steroid dienone is 1. The third-order valence-corrected chi connectivity index (χ3v) is 4.38. The largest absolute Gasteiger partial charge is 0.507 e. The van der Waals surface area contributed by atoms with Gasteiger partial charge in [0.25, 0.3) is 0 Å². The van der Waals surface area contributed by atoms with E-state index in [1.54, 1.807) is 13.2 Å². The molecule has 7 heteroatoms. The summed E-state index contributed by atoms with van der Waals surface area (Å²) in [5.74, 6) is 0.381. The Morgan fingerprint density at radius 3 is 2.79 bits per heavy atom. The summed E-state index contributed by atoms with van der Waals surface area (Å²) in [5.41, 5.74) is 1.73. The number of rotatable bonds is 6. The summed E-state index contributed by atoms with van der Waals surface area (Å²) in [6.45, 7) is 0. The Hall–Kier alpha value is -2.93. The molecule has 0 saturated heterocycles. The number of thiophene rings is 1. The molecule has 0 amide bonds. The fourth-order valence-electron chi connectivity index (χ4n) is 2.23. The normalized spacial score (nSPS) is 11.5. The SMILES string of the molecule is COc1ccc(Cc2sccc2C(O)=CC(=O)c2ncn[nH]2)cc1. The van der Waals surface area contributed by atoms with Crippen LogP contribution in [0.25, 0.3) is 5.76 Å². The average molecular weight is 341 g/mol. The van der Waals surface area contributed by atoms with Crippen LogP contribution in [0.1, 0.15) is 26.6 Å². The number of hydrogen-bond donors (Lipinski definition) is 2. The van der Waals surface area contributed by atoms with Crippen molar-refractivity contribution in [3.63, 3.8) is 0 Å². The Bertz CT molecular complexity index is 852. The maximum Gasteiger partial charge on any atom is 0.226 e. The number of benzene rings is 1. The number of methoxy groups -OCH3 is 1. The van der Waals surface area contributed by atoms with Crippen LogP contribution in [-0.2, 0) is 6.42 Å². The molecule has 0 radical (unpaired) electrons. The third-order valence-electron chi connectivity index (χ3n) is 3.46. The standard InChI is InChI=1S/C17H15N3O3S/c1-23-12-4-2-11(3-5-12)8-16-13(6-7-24-16)14(21)9-15(22)17-18-10-19-20-17/h2-7,9-10,21H,8H2,1H3,(H,18,19,20). The fraction of sp³-hybridized carbons (Fsp3) is 0.118. The van der Waals surface area contributed by atoms with Crippen molar-refractivity contribution in [1.29, 1.82) is 0 Å².